The van der Waals surface area contributed by atoms with E-state index in [1.54, 1.807) is 17.0 Å². The van der Waals surface area contributed by atoms with Crippen LogP contribution < -0.4 is 4.74 Å². The molecule has 7 heteroatoms. The lowest BCUT2D eigenvalue weighted by molar-refractivity contribution is -0.136. The molecule has 6 nitrogen and oxygen atoms in total. The fourth-order valence-corrected chi connectivity index (χ4v) is 5.62. The Morgan fingerprint density at radius 3 is 2.65 bits per heavy atom. The Labute approximate surface area is 204 Å². The predicted octanol–water partition coefficient (Wildman–Crippen LogP) is 4.75. The molecule has 2 aliphatic heterocycles. The molecule has 0 saturated heterocycles. The summed E-state index contributed by atoms with van der Waals surface area (Å²) in [6.45, 7) is 4.59. The molecule has 1 aliphatic carbocycles. The van der Waals surface area contributed by atoms with Crippen LogP contribution in [0.2, 0.25) is 0 Å². The number of carbonyl (C=O) groups excluding carboxylic acids is 2. The van der Waals surface area contributed by atoms with Crippen LogP contribution in [0, 0.1) is 11.8 Å². The number of amides is 1. The number of ketones is 1. The van der Waals surface area contributed by atoms with E-state index in [0.29, 0.717) is 42.9 Å². The molecule has 1 amide bonds. The minimum Gasteiger partial charge on any atom is -0.504 e. The second kappa shape index (κ2) is 8.99. The number of nitrogens with zero attached hydrogens (tertiary/aromatic N) is 1. The van der Waals surface area contributed by atoms with Crippen LogP contribution in [0.15, 0.2) is 59.9 Å². The van der Waals surface area contributed by atoms with Crippen molar-refractivity contribution in [2.24, 2.45) is 11.8 Å². The normalized spacial score (nSPS) is 28.4. The van der Waals surface area contributed by atoms with E-state index in [9.17, 15) is 14.7 Å². The van der Waals surface area contributed by atoms with Gasteiger partial charge in [0.2, 0.25) is 0 Å². The molecule has 3 aliphatic rings. The van der Waals surface area contributed by atoms with Crippen molar-refractivity contribution in [2.45, 2.75) is 50.8 Å². The Kier molecular flexibility index (Phi) is 6.02. The van der Waals surface area contributed by atoms with E-state index >= 15 is 0 Å². The van der Waals surface area contributed by atoms with Gasteiger partial charge in [0.1, 0.15) is 6.10 Å². The Balaban J connectivity index is 1.59. The van der Waals surface area contributed by atoms with Gasteiger partial charge in [-0.2, -0.15) is 0 Å². The third kappa shape index (κ3) is 3.84. The van der Waals surface area contributed by atoms with Gasteiger partial charge in [-0.3, -0.25) is 9.59 Å². The number of alkyl halides is 1. The molecule has 1 fully saturated rings. The number of aromatic hydroxyl groups is 1. The smallest absolute Gasteiger partial charge is 0.290 e. The van der Waals surface area contributed by atoms with Gasteiger partial charge >= 0.3 is 0 Å². The molecule has 34 heavy (non-hydrogen) atoms. The largest absolute Gasteiger partial charge is 0.504 e. The molecule has 2 aromatic rings. The van der Waals surface area contributed by atoms with Crippen molar-refractivity contribution in [1.82, 2.24) is 4.90 Å². The van der Waals surface area contributed by atoms with Gasteiger partial charge in [0.25, 0.3) is 5.91 Å². The van der Waals surface area contributed by atoms with E-state index in [1.165, 1.54) is 6.07 Å². The lowest BCUT2D eigenvalue weighted by atomic mass is 9.74. The summed E-state index contributed by atoms with van der Waals surface area (Å²) in [6, 6.07) is 14.0. The number of Topliss-reactive ketones (excluding diaryl/α,β-unsaturated/α-hetero) is 1. The number of carbonyl (C=O) groups is 2. The predicted molar refractivity (Wildman–Crippen MR) is 127 cm³/mol. The van der Waals surface area contributed by atoms with Crippen LogP contribution in [0.5, 0.6) is 11.5 Å². The van der Waals surface area contributed by atoms with Crippen LogP contribution in [0.3, 0.4) is 0 Å². The molecule has 178 valence electrons. The first-order chi connectivity index (χ1) is 16.4. The highest BCUT2D eigenvalue weighted by Crippen LogP contribution is 2.49. The fourth-order valence-electron chi connectivity index (χ4n) is 5.33. The topological polar surface area (TPSA) is 76.1 Å². The van der Waals surface area contributed by atoms with Crippen LogP contribution in [-0.4, -0.2) is 39.8 Å². The number of hydrogen-bond donors (Lipinski definition) is 1. The quantitative estimate of drug-likeness (QED) is 0.624. The molecule has 1 saturated carbocycles. The number of phenolic OH excluding ortho intramolecular Hbond substituents is 1. The van der Waals surface area contributed by atoms with E-state index in [0.717, 1.165) is 5.56 Å². The van der Waals surface area contributed by atoms with Crippen molar-refractivity contribution in [1.29, 1.82) is 0 Å². The Morgan fingerprint density at radius 1 is 1.15 bits per heavy atom. The van der Waals surface area contributed by atoms with Gasteiger partial charge in [0.05, 0.1) is 24.1 Å². The number of fused-ring (bicyclic) bond motifs is 1. The highest BCUT2D eigenvalue weighted by atomic mass is 35.5. The SMILES string of the molecule is CCOc1cc(C2C3=C(OC4CC(C)C(Cl)CC4C3=O)C(=O)N2Cc2ccccc2)ccc1O. The monoisotopic (exact) mass is 481 g/mol. The maximum absolute atomic E-state index is 13.8. The third-order valence-corrected chi connectivity index (χ3v) is 7.71. The van der Waals surface area contributed by atoms with Crippen molar-refractivity contribution in [2.75, 3.05) is 6.61 Å². The van der Waals surface area contributed by atoms with E-state index in [1.807, 2.05) is 37.3 Å². The molecule has 2 heterocycles. The number of phenols is 1. The molecule has 0 aromatic heterocycles. The summed E-state index contributed by atoms with van der Waals surface area (Å²) >= 11 is 6.54. The first-order valence-corrected chi connectivity index (χ1v) is 12.2. The van der Waals surface area contributed by atoms with Crippen LogP contribution >= 0.6 is 11.6 Å². The maximum Gasteiger partial charge on any atom is 0.290 e. The molecule has 0 bridgehead atoms. The van der Waals surface area contributed by atoms with E-state index < -0.39 is 6.04 Å². The number of ether oxygens (including phenoxy) is 2. The lowest BCUT2D eigenvalue weighted by Crippen LogP contribution is -2.44. The van der Waals surface area contributed by atoms with Crippen LogP contribution in [0.4, 0.5) is 0 Å². The van der Waals surface area contributed by atoms with Gasteiger partial charge in [-0.05, 0) is 48.9 Å². The minimum atomic E-state index is -0.635. The molecule has 5 atom stereocenters. The van der Waals surface area contributed by atoms with Gasteiger partial charge < -0.3 is 19.5 Å². The molecule has 5 rings (SSSR count). The van der Waals surface area contributed by atoms with Gasteiger partial charge in [0, 0.05) is 11.9 Å². The van der Waals surface area contributed by atoms with Crippen molar-refractivity contribution in [3.8, 4) is 11.5 Å². The standard InChI is InChI=1S/C27H28ClNO5/c1-3-33-22-12-17(9-10-20(22)30)24-23-25(31)18-13-19(28)15(2)11-21(18)34-26(23)27(32)29(24)14-16-7-5-4-6-8-16/h4-10,12,15,18-19,21,24,30H,3,11,13-14H2,1-2H3. The van der Waals surface area contributed by atoms with Crippen molar-refractivity contribution >= 4 is 23.3 Å². The number of benzene rings is 2. The average Bonchev–Trinajstić information content (AvgIpc) is 3.09. The Hall–Kier alpha value is -2.99. The van der Waals surface area contributed by atoms with Gasteiger partial charge in [-0.15, -0.1) is 11.6 Å². The van der Waals surface area contributed by atoms with Crippen LogP contribution in [0.25, 0.3) is 0 Å². The average molecular weight is 482 g/mol. The second-order valence-electron chi connectivity index (χ2n) is 9.32. The van der Waals surface area contributed by atoms with Crippen molar-refractivity contribution in [3.05, 3.63) is 71.0 Å². The summed E-state index contributed by atoms with van der Waals surface area (Å²) in [7, 11) is 0. The number of hydrogen-bond acceptors (Lipinski definition) is 5. The van der Waals surface area contributed by atoms with E-state index in [4.69, 9.17) is 21.1 Å². The maximum atomic E-state index is 13.8. The van der Waals surface area contributed by atoms with E-state index in [-0.39, 0.29) is 46.5 Å². The zero-order chi connectivity index (χ0) is 24.0. The molecule has 5 unspecified atom stereocenters. The second-order valence-corrected chi connectivity index (χ2v) is 9.88. The molecule has 2 aromatic carbocycles. The summed E-state index contributed by atoms with van der Waals surface area (Å²) in [5, 5.41) is 10.1. The van der Waals surface area contributed by atoms with Crippen LogP contribution in [-0.2, 0) is 20.9 Å². The van der Waals surface area contributed by atoms with Crippen LogP contribution in [0.1, 0.15) is 43.9 Å². The summed E-state index contributed by atoms with van der Waals surface area (Å²) < 4.78 is 11.9. The first-order valence-electron chi connectivity index (χ1n) is 11.8. The van der Waals surface area contributed by atoms with Crippen molar-refractivity contribution in [3.63, 3.8) is 0 Å². The Bertz CT molecular complexity index is 1150. The first kappa shape index (κ1) is 22.8. The summed E-state index contributed by atoms with van der Waals surface area (Å²) in [5.41, 5.74) is 2.02. The summed E-state index contributed by atoms with van der Waals surface area (Å²) in [6.07, 6.45) is 0.838. The Morgan fingerprint density at radius 2 is 1.91 bits per heavy atom. The molecule has 0 spiro atoms. The highest BCUT2D eigenvalue weighted by molar-refractivity contribution is 6.21. The minimum absolute atomic E-state index is 0.0104. The lowest BCUT2D eigenvalue weighted by Gasteiger charge is -2.40. The zero-order valence-corrected chi connectivity index (χ0v) is 20.0. The molecular weight excluding hydrogens is 454 g/mol. The highest BCUT2D eigenvalue weighted by Gasteiger charge is 2.53. The summed E-state index contributed by atoms with van der Waals surface area (Å²) in [4.78, 5) is 29.2. The molecule has 1 N–H and O–H groups in total. The number of rotatable bonds is 5. The number of halogens is 1. The van der Waals surface area contributed by atoms with Crippen molar-refractivity contribution < 1.29 is 24.2 Å². The van der Waals surface area contributed by atoms with E-state index in [2.05, 4.69) is 6.92 Å². The zero-order valence-electron chi connectivity index (χ0n) is 19.2. The summed E-state index contributed by atoms with van der Waals surface area (Å²) in [5.74, 6) is -0.0411. The third-order valence-electron chi connectivity index (χ3n) is 7.10. The fraction of sp³-hybridized carbons (Fsp3) is 0.407. The molecular formula is C27H28ClNO5. The van der Waals surface area contributed by atoms with Gasteiger partial charge in [-0.1, -0.05) is 43.3 Å². The van der Waals surface area contributed by atoms with Gasteiger partial charge in [-0.25, -0.2) is 0 Å². The van der Waals surface area contributed by atoms with Gasteiger partial charge in [0.15, 0.2) is 23.0 Å². The molecule has 0 radical (unpaired) electrons.